The number of hydrogen-bond donors (Lipinski definition) is 0. The number of fused-ring (bicyclic) bond motifs is 1. The van der Waals surface area contributed by atoms with Crippen molar-refractivity contribution < 1.29 is 9.66 Å². The van der Waals surface area contributed by atoms with Crippen LogP contribution in [0.4, 0.5) is 5.69 Å². The van der Waals surface area contributed by atoms with Crippen LogP contribution in [0.2, 0.25) is 0 Å². The molecule has 2 rings (SSSR count). The molecule has 0 aliphatic carbocycles. The predicted molar refractivity (Wildman–Crippen MR) is 54.6 cm³/mol. The highest BCUT2D eigenvalue weighted by Crippen LogP contribution is 2.37. The van der Waals surface area contributed by atoms with Crippen LogP contribution in [-0.4, -0.2) is 11.5 Å². The summed E-state index contributed by atoms with van der Waals surface area (Å²) in [7, 11) is 0. The van der Waals surface area contributed by atoms with Crippen LogP contribution in [-0.2, 0) is 6.42 Å². The lowest BCUT2D eigenvalue weighted by atomic mass is 10.1. The summed E-state index contributed by atoms with van der Waals surface area (Å²) < 4.78 is 5.94. The Hall–Kier alpha value is -1.10. The maximum Gasteiger partial charge on any atom is 0.284 e. The minimum absolute atomic E-state index is 0.106. The van der Waals surface area contributed by atoms with E-state index in [1.54, 1.807) is 6.07 Å². The normalized spacial score (nSPS) is 14.4. The summed E-state index contributed by atoms with van der Waals surface area (Å²) in [5.41, 5.74) is 1.01. The molecule has 0 spiro atoms. The van der Waals surface area contributed by atoms with Gasteiger partial charge in [0.2, 0.25) is 0 Å². The van der Waals surface area contributed by atoms with Gasteiger partial charge in [0.15, 0.2) is 0 Å². The SMILES string of the molecule is O=[N+]([O-])c1ccc2c(c1Br)CCCO2. The topological polar surface area (TPSA) is 52.4 Å². The first-order valence-corrected chi connectivity index (χ1v) is 5.08. The fourth-order valence-electron chi connectivity index (χ4n) is 1.53. The van der Waals surface area contributed by atoms with Crippen LogP contribution in [0.1, 0.15) is 12.0 Å². The van der Waals surface area contributed by atoms with Crippen molar-refractivity contribution in [3.8, 4) is 5.75 Å². The Balaban J connectivity index is 2.54. The number of nitrogens with zero attached hydrogens (tertiary/aromatic N) is 1. The zero-order valence-electron chi connectivity index (χ0n) is 7.33. The van der Waals surface area contributed by atoms with Gasteiger partial charge in [0.1, 0.15) is 10.2 Å². The second-order valence-corrected chi connectivity index (χ2v) is 3.88. The molecular weight excluding hydrogens is 250 g/mol. The molecule has 1 aliphatic heterocycles. The third kappa shape index (κ3) is 1.48. The number of nitro groups is 1. The van der Waals surface area contributed by atoms with Gasteiger partial charge in [-0.25, -0.2) is 0 Å². The van der Waals surface area contributed by atoms with E-state index in [0.29, 0.717) is 11.1 Å². The summed E-state index contributed by atoms with van der Waals surface area (Å²) in [5, 5.41) is 10.6. The minimum Gasteiger partial charge on any atom is -0.493 e. The molecule has 0 atom stereocenters. The molecule has 1 heterocycles. The molecule has 0 N–H and O–H groups in total. The van der Waals surface area contributed by atoms with E-state index < -0.39 is 0 Å². The third-order valence-corrected chi connectivity index (χ3v) is 3.09. The highest BCUT2D eigenvalue weighted by molar-refractivity contribution is 9.10. The third-order valence-electron chi connectivity index (χ3n) is 2.21. The molecule has 0 aromatic heterocycles. The van der Waals surface area contributed by atoms with E-state index in [1.807, 2.05) is 0 Å². The molecule has 0 saturated heterocycles. The molecule has 4 nitrogen and oxygen atoms in total. The predicted octanol–water partition coefficient (Wildman–Crippen LogP) is 2.68. The molecule has 0 unspecified atom stereocenters. The number of ether oxygens (including phenoxy) is 1. The fraction of sp³-hybridized carbons (Fsp3) is 0.333. The molecule has 1 aliphatic rings. The van der Waals surface area contributed by atoms with E-state index in [2.05, 4.69) is 15.9 Å². The first kappa shape index (κ1) is 9.45. The van der Waals surface area contributed by atoms with Crippen LogP contribution in [0.25, 0.3) is 0 Å². The largest absolute Gasteiger partial charge is 0.493 e. The summed E-state index contributed by atoms with van der Waals surface area (Å²) in [6.07, 6.45) is 1.74. The highest BCUT2D eigenvalue weighted by Gasteiger charge is 2.21. The molecule has 74 valence electrons. The summed E-state index contributed by atoms with van der Waals surface area (Å²) in [6, 6.07) is 3.13. The maximum atomic E-state index is 10.6. The molecule has 1 aromatic carbocycles. The van der Waals surface area contributed by atoms with Crippen LogP contribution in [0, 0.1) is 10.1 Å². The van der Waals surface area contributed by atoms with Crippen molar-refractivity contribution in [2.45, 2.75) is 12.8 Å². The average Bonchev–Trinajstić information content (AvgIpc) is 2.18. The van der Waals surface area contributed by atoms with Crippen molar-refractivity contribution in [2.24, 2.45) is 0 Å². The standard InChI is InChI=1S/C9H8BrNO3/c10-9-6-2-1-5-14-8(6)4-3-7(9)11(12)13/h3-4H,1-2,5H2. The summed E-state index contributed by atoms with van der Waals surface area (Å²) in [4.78, 5) is 10.3. The average molecular weight is 258 g/mol. The Morgan fingerprint density at radius 3 is 3.00 bits per heavy atom. The zero-order chi connectivity index (χ0) is 10.1. The Bertz CT molecular complexity index is 392. The Morgan fingerprint density at radius 2 is 2.29 bits per heavy atom. The van der Waals surface area contributed by atoms with E-state index in [1.165, 1.54) is 6.07 Å². The van der Waals surface area contributed by atoms with Crippen molar-refractivity contribution >= 4 is 21.6 Å². The Morgan fingerprint density at radius 1 is 1.50 bits per heavy atom. The molecule has 5 heteroatoms. The first-order chi connectivity index (χ1) is 6.70. The van der Waals surface area contributed by atoms with Crippen LogP contribution < -0.4 is 4.74 Å². The molecule has 0 saturated carbocycles. The molecule has 0 amide bonds. The van der Waals surface area contributed by atoms with Crippen molar-refractivity contribution in [1.82, 2.24) is 0 Å². The van der Waals surface area contributed by atoms with Gasteiger partial charge in [-0.1, -0.05) is 0 Å². The van der Waals surface area contributed by atoms with E-state index in [4.69, 9.17) is 4.74 Å². The van der Waals surface area contributed by atoms with Gasteiger partial charge in [-0.3, -0.25) is 10.1 Å². The second kappa shape index (κ2) is 3.57. The molecule has 1 aromatic rings. The van der Waals surface area contributed by atoms with Gasteiger partial charge in [-0.15, -0.1) is 0 Å². The molecular formula is C9H8BrNO3. The fourth-order valence-corrected chi connectivity index (χ4v) is 2.20. The Kier molecular flexibility index (Phi) is 2.41. The van der Waals surface area contributed by atoms with Gasteiger partial charge in [0.05, 0.1) is 11.5 Å². The summed E-state index contributed by atoms with van der Waals surface area (Å²) >= 11 is 3.25. The number of halogens is 1. The van der Waals surface area contributed by atoms with Gasteiger partial charge in [0.25, 0.3) is 5.69 Å². The lowest BCUT2D eigenvalue weighted by Gasteiger charge is -2.17. The number of hydrogen-bond acceptors (Lipinski definition) is 3. The monoisotopic (exact) mass is 257 g/mol. The lowest BCUT2D eigenvalue weighted by molar-refractivity contribution is -0.385. The van der Waals surface area contributed by atoms with Gasteiger partial charge < -0.3 is 4.74 Å². The molecule has 0 fully saturated rings. The smallest absolute Gasteiger partial charge is 0.284 e. The van der Waals surface area contributed by atoms with Gasteiger partial charge >= 0.3 is 0 Å². The first-order valence-electron chi connectivity index (χ1n) is 4.28. The van der Waals surface area contributed by atoms with Crippen molar-refractivity contribution in [3.05, 3.63) is 32.3 Å². The van der Waals surface area contributed by atoms with Crippen LogP contribution in [0.3, 0.4) is 0 Å². The molecule has 14 heavy (non-hydrogen) atoms. The van der Waals surface area contributed by atoms with Crippen LogP contribution >= 0.6 is 15.9 Å². The van der Waals surface area contributed by atoms with Crippen LogP contribution in [0.5, 0.6) is 5.75 Å². The minimum atomic E-state index is -0.390. The van der Waals surface area contributed by atoms with Gasteiger partial charge in [-0.05, 0) is 34.8 Å². The van der Waals surface area contributed by atoms with E-state index in [-0.39, 0.29) is 10.6 Å². The quantitative estimate of drug-likeness (QED) is 0.574. The highest BCUT2D eigenvalue weighted by atomic mass is 79.9. The van der Waals surface area contributed by atoms with E-state index in [0.717, 1.165) is 24.2 Å². The number of rotatable bonds is 1. The molecule has 0 bridgehead atoms. The summed E-state index contributed by atoms with van der Waals surface area (Å²) in [6.45, 7) is 0.692. The molecule has 0 radical (unpaired) electrons. The van der Waals surface area contributed by atoms with Gasteiger partial charge in [-0.2, -0.15) is 0 Å². The maximum absolute atomic E-state index is 10.6. The zero-order valence-corrected chi connectivity index (χ0v) is 8.91. The second-order valence-electron chi connectivity index (χ2n) is 3.08. The van der Waals surface area contributed by atoms with Crippen LogP contribution in [0.15, 0.2) is 16.6 Å². The van der Waals surface area contributed by atoms with Crippen molar-refractivity contribution in [3.63, 3.8) is 0 Å². The lowest BCUT2D eigenvalue weighted by Crippen LogP contribution is -2.09. The van der Waals surface area contributed by atoms with E-state index >= 15 is 0 Å². The summed E-state index contributed by atoms with van der Waals surface area (Å²) in [5.74, 6) is 0.758. The Labute approximate surface area is 89.2 Å². The number of benzene rings is 1. The van der Waals surface area contributed by atoms with Gasteiger partial charge in [0, 0.05) is 11.6 Å². The number of nitro benzene ring substituents is 1. The van der Waals surface area contributed by atoms with Crippen molar-refractivity contribution in [1.29, 1.82) is 0 Å². The van der Waals surface area contributed by atoms with E-state index in [9.17, 15) is 10.1 Å². The van der Waals surface area contributed by atoms with Crippen molar-refractivity contribution in [2.75, 3.05) is 6.61 Å².